The van der Waals surface area contributed by atoms with Crippen LogP contribution >= 0.6 is 11.6 Å². The van der Waals surface area contributed by atoms with Gasteiger partial charge in [-0.1, -0.05) is 96.5 Å². The van der Waals surface area contributed by atoms with E-state index >= 15 is 0 Å². The van der Waals surface area contributed by atoms with Gasteiger partial charge in [-0.2, -0.15) is 10.2 Å². The largest absolute Gasteiger partial charge is 0.349 e. The summed E-state index contributed by atoms with van der Waals surface area (Å²) < 4.78 is 17.1. The highest BCUT2D eigenvalue weighted by molar-refractivity contribution is 6.33. The molecule has 2 aliphatic carbocycles. The number of halogens is 2. The Morgan fingerprint density at radius 1 is 0.625 bits per heavy atom. The first-order valence-corrected chi connectivity index (χ1v) is 18.9. The number of para-hydroxylation sites is 2. The third kappa shape index (κ3) is 8.68. The van der Waals surface area contributed by atoms with Gasteiger partial charge in [0.15, 0.2) is 11.6 Å². The first-order chi connectivity index (χ1) is 27.1. The van der Waals surface area contributed by atoms with E-state index in [2.05, 4.69) is 20.8 Å². The van der Waals surface area contributed by atoms with Crippen LogP contribution < -0.4 is 21.8 Å². The maximum absolute atomic E-state index is 14.2. The molecule has 2 fully saturated rings. The van der Waals surface area contributed by atoms with Crippen molar-refractivity contribution in [3.63, 3.8) is 0 Å². The lowest BCUT2D eigenvalue weighted by atomic mass is 10.0. The Bertz CT molecular complexity index is 2360. The highest BCUT2D eigenvalue weighted by Crippen LogP contribution is 2.34. The minimum Gasteiger partial charge on any atom is -0.349 e. The number of carbonyl (C=O) groups is 2. The second-order valence-electron chi connectivity index (χ2n) is 14.1. The minimum atomic E-state index is -0.497. The van der Waals surface area contributed by atoms with Gasteiger partial charge in [-0.3, -0.25) is 19.2 Å². The van der Waals surface area contributed by atoms with Crippen molar-refractivity contribution in [2.24, 2.45) is 11.8 Å². The molecule has 0 aliphatic heterocycles. The van der Waals surface area contributed by atoms with Crippen LogP contribution in [0.5, 0.6) is 0 Å². The molecular formula is C44H40ClFN6O4. The number of benzene rings is 4. The number of ketones is 2. The van der Waals surface area contributed by atoms with E-state index in [9.17, 15) is 23.6 Å². The molecule has 4 aromatic carbocycles. The summed E-state index contributed by atoms with van der Waals surface area (Å²) in [5.74, 6) is -0.149. The number of hydrogen-bond acceptors (Lipinski definition) is 8. The lowest BCUT2D eigenvalue weighted by molar-refractivity contribution is 0.101. The molecule has 12 heteroatoms. The van der Waals surface area contributed by atoms with Crippen LogP contribution in [-0.2, 0) is 13.1 Å². The topological polar surface area (TPSA) is 128 Å². The molecule has 6 aromatic rings. The van der Waals surface area contributed by atoms with Crippen LogP contribution in [0.25, 0.3) is 22.5 Å². The van der Waals surface area contributed by atoms with Gasteiger partial charge in [0, 0.05) is 24.2 Å². The van der Waals surface area contributed by atoms with Crippen molar-refractivity contribution in [3.8, 4) is 22.5 Å². The van der Waals surface area contributed by atoms with E-state index in [4.69, 9.17) is 11.6 Å². The van der Waals surface area contributed by atoms with Gasteiger partial charge in [0.2, 0.25) is 0 Å². The van der Waals surface area contributed by atoms with Crippen molar-refractivity contribution < 1.29 is 14.0 Å². The van der Waals surface area contributed by atoms with E-state index in [1.807, 2.05) is 72.8 Å². The lowest BCUT2D eigenvalue weighted by Crippen LogP contribution is -2.29. The summed E-state index contributed by atoms with van der Waals surface area (Å²) >= 11 is 6.28. The zero-order chi connectivity index (χ0) is 39.3. The second kappa shape index (κ2) is 16.7. The zero-order valence-electron chi connectivity index (χ0n) is 31.0. The molecule has 0 bridgehead atoms. The molecule has 284 valence electrons. The number of nitrogens with one attached hydrogen (secondary N) is 2. The SMILES string of the molecule is CC(=O)c1c(-c2ccccc2)nn(CC2CC2)c(=O)c1Nc1ccccc1Cl.CC(=O)c1c(-c2ccccc2)nn(CC2CC2)c(=O)c1Nc1ccccc1F. The van der Waals surface area contributed by atoms with Gasteiger partial charge >= 0.3 is 0 Å². The van der Waals surface area contributed by atoms with E-state index in [1.165, 1.54) is 35.3 Å². The van der Waals surface area contributed by atoms with Crippen LogP contribution in [0, 0.1) is 17.7 Å². The van der Waals surface area contributed by atoms with E-state index in [0.29, 0.717) is 47.0 Å². The first-order valence-electron chi connectivity index (χ1n) is 18.5. The van der Waals surface area contributed by atoms with Gasteiger partial charge in [0.05, 0.1) is 27.5 Å². The van der Waals surface area contributed by atoms with E-state index in [1.54, 1.807) is 24.3 Å². The molecule has 0 unspecified atom stereocenters. The number of hydrogen-bond donors (Lipinski definition) is 2. The highest BCUT2D eigenvalue weighted by Gasteiger charge is 2.29. The summed E-state index contributed by atoms with van der Waals surface area (Å²) in [4.78, 5) is 51.4. The van der Waals surface area contributed by atoms with E-state index in [0.717, 1.165) is 36.8 Å². The van der Waals surface area contributed by atoms with Crippen LogP contribution in [0.15, 0.2) is 119 Å². The number of aromatic nitrogens is 4. The number of rotatable bonds is 12. The van der Waals surface area contributed by atoms with Gasteiger partial charge in [-0.25, -0.2) is 13.8 Å². The molecule has 0 saturated heterocycles. The molecule has 56 heavy (non-hydrogen) atoms. The summed E-state index contributed by atoms with van der Waals surface area (Å²) in [5.41, 5.74) is 3.18. The Hall–Kier alpha value is -6.20. The highest BCUT2D eigenvalue weighted by atomic mass is 35.5. The lowest BCUT2D eigenvalue weighted by Gasteiger charge is -2.17. The monoisotopic (exact) mass is 770 g/mol. The molecule has 0 amide bonds. The van der Waals surface area contributed by atoms with Crippen LogP contribution in [0.1, 0.15) is 60.2 Å². The minimum absolute atomic E-state index is 0.0621. The standard InChI is InChI=1S/C22H20ClN3O2.C22H20FN3O2/c2*1-14(27)19-20(16-7-3-2-4-8-16)25-26(13-15-11-12-15)22(28)21(19)24-18-10-6-5-9-17(18)23/h2*2-10,15,24H,11-13H2,1H3. The molecule has 2 aliphatic rings. The molecule has 2 heterocycles. The second-order valence-corrected chi connectivity index (χ2v) is 14.5. The van der Waals surface area contributed by atoms with Crippen molar-refractivity contribution in [1.29, 1.82) is 0 Å². The number of anilines is 4. The van der Waals surface area contributed by atoms with Gasteiger partial charge in [0.1, 0.15) is 28.6 Å². The number of Topliss-reactive ketones (excluding diaryl/α,β-unsaturated/α-hetero) is 2. The molecule has 0 radical (unpaired) electrons. The number of carbonyl (C=O) groups excluding carboxylic acids is 2. The van der Waals surface area contributed by atoms with E-state index in [-0.39, 0.29) is 45.3 Å². The Labute approximate surface area is 328 Å². The summed E-state index contributed by atoms with van der Waals surface area (Å²) in [6.07, 6.45) is 4.30. The van der Waals surface area contributed by atoms with E-state index < -0.39 is 11.4 Å². The molecule has 2 saturated carbocycles. The third-order valence-electron chi connectivity index (χ3n) is 9.63. The summed E-state index contributed by atoms with van der Waals surface area (Å²) in [7, 11) is 0. The summed E-state index contributed by atoms with van der Waals surface area (Å²) in [6.45, 7) is 3.88. The predicted molar refractivity (Wildman–Crippen MR) is 218 cm³/mol. The van der Waals surface area contributed by atoms with Crippen molar-refractivity contribution >= 4 is 45.9 Å². The van der Waals surface area contributed by atoms with Crippen LogP contribution in [0.3, 0.4) is 0 Å². The fourth-order valence-corrected chi connectivity index (χ4v) is 6.57. The maximum Gasteiger partial charge on any atom is 0.291 e. The van der Waals surface area contributed by atoms with Crippen molar-refractivity contribution in [1.82, 2.24) is 19.6 Å². The summed E-state index contributed by atoms with van der Waals surface area (Å²) in [6, 6.07) is 31.9. The van der Waals surface area contributed by atoms with Crippen LogP contribution in [-0.4, -0.2) is 31.1 Å². The fraction of sp³-hybridized carbons (Fsp3) is 0.227. The smallest absolute Gasteiger partial charge is 0.291 e. The average Bonchev–Trinajstić information content (AvgIpc) is 4.15. The molecule has 0 atom stereocenters. The first kappa shape index (κ1) is 38.1. The number of nitrogens with zero attached hydrogens (tertiary/aromatic N) is 4. The maximum atomic E-state index is 14.2. The third-order valence-corrected chi connectivity index (χ3v) is 9.96. The zero-order valence-corrected chi connectivity index (χ0v) is 31.7. The molecular weight excluding hydrogens is 731 g/mol. The Balaban J connectivity index is 0.000000172. The Morgan fingerprint density at radius 3 is 1.43 bits per heavy atom. The van der Waals surface area contributed by atoms with Gasteiger partial charge in [0.25, 0.3) is 11.1 Å². The predicted octanol–water partition coefficient (Wildman–Crippen LogP) is 9.33. The molecule has 2 N–H and O–H groups in total. The van der Waals surface area contributed by atoms with Crippen molar-refractivity contribution in [3.05, 3.63) is 152 Å². The summed E-state index contributed by atoms with van der Waals surface area (Å²) in [5, 5.41) is 15.5. The van der Waals surface area contributed by atoms with Gasteiger partial charge < -0.3 is 10.6 Å². The average molecular weight is 771 g/mol. The Kier molecular flexibility index (Phi) is 11.3. The normalized spacial score (nSPS) is 13.4. The fourth-order valence-electron chi connectivity index (χ4n) is 6.39. The quantitative estimate of drug-likeness (QED) is 0.118. The molecule has 10 nitrogen and oxygen atoms in total. The Morgan fingerprint density at radius 2 is 1.02 bits per heavy atom. The van der Waals surface area contributed by atoms with Crippen molar-refractivity contribution in [2.75, 3.05) is 10.6 Å². The van der Waals surface area contributed by atoms with Crippen LogP contribution in [0.2, 0.25) is 5.02 Å². The van der Waals surface area contributed by atoms with Crippen LogP contribution in [0.4, 0.5) is 27.1 Å². The van der Waals surface area contributed by atoms with Gasteiger partial charge in [-0.05, 0) is 75.6 Å². The van der Waals surface area contributed by atoms with Gasteiger partial charge in [-0.15, -0.1) is 0 Å². The molecule has 2 aromatic heterocycles. The molecule has 0 spiro atoms. The van der Waals surface area contributed by atoms with Crippen molar-refractivity contribution in [2.45, 2.75) is 52.6 Å². The molecule has 8 rings (SSSR count).